The van der Waals surface area contributed by atoms with Gasteiger partial charge in [0.15, 0.2) is 5.69 Å². The Morgan fingerprint density at radius 3 is 2.57 bits per heavy atom. The summed E-state index contributed by atoms with van der Waals surface area (Å²) in [6.45, 7) is 0.401. The van der Waals surface area contributed by atoms with Gasteiger partial charge in [0.05, 0.1) is 18.8 Å². The maximum absolute atomic E-state index is 12.9. The zero-order valence-corrected chi connectivity index (χ0v) is 18.4. The van der Waals surface area contributed by atoms with E-state index in [0.29, 0.717) is 29.1 Å². The fourth-order valence-corrected chi connectivity index (χ4v) is 3.80. The van der Waals surface area contributed by atoms with Crippen LogP contribution in [0.25, 0.3) is 5.69 Å². The molecule has 12 heteroatoms. The summed E-state index contributed by atoms with van der Waals surface area (Å²) in [5.41, 5.74) is 1.23. The van der Waals surface area contributed by atoms with Crippen molar-refractivity contribution in [1.29, 1.82) is 0 Å². The van der Waals surface area contributed by atoms with E-state index in [2.05, 4.69) is 10.4 Å². The van der Waals surface area contributed by atoms with E-state index in [4.69, 9.17) is 4.74 Å². The number of nitrogens with zero attached hydrogens (tertiary/aromatic N) is 3. The van der Waals surface area contributed by atoms with Crippen molar-refractivity contribution >= 4 is 18.3 Å². The number of hydrogen-bond acceptors (Lipinski definition) is 5. The van der Waals surface area contributed by atoms with Gasteiger partial charge in [-0.2, -0.15) is 18.3 Å². The second kappa shape index (κ2) is 9.49. The van der Waals surface area contributed by atoms with Gasteiger partial charge in [-0.1, -0.05) is 18.2 Å². The van der Waals surface area contributed by atoms with Crippen molar-refractivity contribution in [2.24, 2.45) is 0 Å². The van der Waals surface area contributed by atoms with Crippen LogP contribution >= 0.6 is 0 Å². The first kappa shape index (κ1) is 23.8. The van der Waals surface area contributed by atoms with Crippen molar-refractivity contribution in [3.63, 3.8) is 0 Å². The summed E-state index contributed by atoms with van der Waals surface area (Å²) in [7, 11) is 1.50. The molecule has 182 valence electrons. The molecule has 0 spiro atoms. The fourth-order valence-electron chi connectivity index (χ4n) is 3.80. The molecular formula is C23H20F3N5O4. The van der Waals surface area contributed by atoms with E-state index in [1.54, 1.807) is 47.4 Å². The number of urea groups is 1. The Hall–Kier alpha value is -4.35. The number of rotatable bonds is 7. The largest absolute Gasteiger partial charge is 0.497 e. The molecule has 1 aromatic heterocycles. The minimum absolute atomic E-state index is 0.0848. The first-order chi connectivity index (χ1) is 16.7. The topological polar surface area (TPSA) is 106 Å². The Kier molecular flexibility index (Phi) is 6.45. The molecule has 4 rings (SSSR count). The van der Waals surface area contributed by atoms with E-state index in [9.17, 15) is 27.6 Å². The smallest absolute Gasteiger partial charge is 0.435 e. The first-order valence-corrected chi connectivity index (χ1v) is 10.4. The molecule has 3 aromatic rings. The number of hydrogen-bond donors (Lipinski definition) is 2. The molecule has 9 nitrogen and oxygen atoms in total. The molecule has 2 N–H and O–H groups in total. The van der Waals surface area contributed by atoms with Crippen molar-refractivity contribution in [3.05, 3.63) is 77.1 Å². The van der Waals surface area contributed by atoms with Gasteiger partial charge in [0.25, 0.3) is 5.91 Å². The van der Waals surface area contributed by atoms with Crippen molar-refractivity contribution in [1.82, 2.24) is 25.3 Å². The molecule has 1 atom stereocenters. The number of fused-ring (bicyclic) bond motifs is 1. The second-order valence-corrected chi connectivity index (χ2v) is 7.73. The van der Waals surface area contributed by atoms with Crippen LogP contribution in [0.4, 0.5) is 18.0 Å². The number of methoxy groups -OCH3 is 1. The number of ether oxygens (including phenoxy) is 1. The van der Waals surface area contributed by atoms with Gasteiger partial charge in [0.1, 0.15) is 5.75 Å². The lowest BCUT2D eigenvalue weighted by atomic mass is 10.1. The van der Waals surface area contributed by atoms with Crippen molar-refractivity contribution < 1.29 is 32.3 Å². The average Bonchev–Trinajstić information content (AvgIpc) is 3.44. The van der Waals surface area contributed by atoms with Crippen LogP contribution in [0, 0.1) is 0 Å². The predicted molar refractivity (Wildman–Crippen MR) is 117 cm³/mol. The third-order valence-corrected chi connectivity index (χ3v) is 5.53. The van der Waals surface area contributed by atoms with Crippen LogP contribution in [0.2, 0.25) is 0 Å². The van der Waals surface area contributed by atoms with E-state index < -0.39 is 23.9 Å². The van der Waals surface area contributed by atoms with Crippen LogP contribution in [-0.4, -0.2) is 46.7 Å². The molecule has 1 aliphatic heterocycles. The van der Waals surface area contributed by atoms with Gasteiger partial charge >= 0.3 is 12.2 Å². The molecule has 1 aliphatic rings. The summed E-state index contributed by atoms with van der Waals surface area (Å²) in [5.74, 6) is 0.302. The molecule has 2 aromatic carbocycles. The number of halogens is 3. The predicted octanol–water partition coefficient (Wildman–Crippen LogP) is 3.05. The summed E-state index contributed by atoms with van der Waals surface area (Å²) in [6.07, 6.45) is -3.13. The molecule has 2 heterocycles. The molecular weight excluding hydrogens is 467 g/mol. The molecule has 0 bridgehead atoms. The molecule has 0 saturated carbocycles. The third-order valence-electron chi connectivity index (χ3n) is 5.53. The summed E-state index contributed by atoms with van der Waals surface area (Å²) in [6, 6.07) is 10.9. The van der Waals surface area contributed by atoms with E-state index in [0.717, 1.165) is 16.3 Å². The lowest BCUT2D eigenvalue weighted by Gasteiger charge is -2.25. The Balaban J connectivity index is 1.56. The van der Waals surface area contributed by atoms with Crippen molar-refractivity contribution in [3.8, 4) is 11.4 Å². The zero-order chi connectivity index (χ0) is 25.2. The molecule has 0 unspecified atom stereocenters. The van der Waals surface area contributed by atoms with E-state index >= 15 is 0 Å². The van der Waals surface area contributed by atoms with Gasteiger partial charge in [-0.3, -0.25) is 14.9 Å². The van der Waals surface area contributed by atoms with Crippen LogP contribution in [0.5, 0.6) is 5.75 Å². The van der Waals surface area contributed by atoms with Gasteiger partial charge < -0.3 is 15.0 Å². The standard InChI is InChI=1S/C23H20F3N5O4/c1-35-17-7-4-15-11-30(21(33)18(15)10-17)12-19(28-22(34)27-13-32)14-2-5-16(6-3-14)31-9-8-20(29-31)23(24,25)26/h2-10,13,19H,11-12H2,1H3,(H2,27,28,32,34)/t19-/m0/s1. The summed E-state index contributed by atoms with van der Waals surface area (Å²) in [5, 5.41) is 8.18. The Labute approximate surface area is 197 Å². The minimum Gasteiger partial charge on any atom is -0.497 e. The molecule has 0 fully saturated rings. The second-order valence-electron chi connectivity index (χ2n) is 7.73. The number of amides is 4. The van der Waals surface area contributed by atoms with E-state index in [1.807, 2.05) is 5.32 Å². The lowest BCUT2D eigenvalue weighted by molar-refractivity contribution is -0.141. The van der Waals surface area contributed by atoms with Crippen LogP contribution < -0.4 is 15.4 Å². The Bertz CT molecular complexity index is 1260. The van der Waals surface area contributed by atoms with Gasteiger partial charge in [0.2, 0.25) is 6.41 Å². The van der Waals surface area contributed by atoms with Gasteiger partial charge in [-0.15, -0.1) is 0 Å². The number of alkyl halides is 3. The maximum Gasteiger partial charge on any atom is 0.435 e. The normalized spacial score (nSPS) is 13.8. The van der Waals surface area contributed by atoms with Gasteiger partial charge in [0, 0.05) is 24.8 Å². The highest BCUT2D eigenvalue weighted by Gasteiger charge is 2.34. The average molecular weight is 487 g/mol. The van der Waals surface area contributed by atoms with Crippen molar-refractivity contribution in [2.45, 2.75) is 18.8 Å². The number of imide groups is 1. The fraction of sp³-hybridized carbons (Fsp3) is 0.217. The lowest BCUT2D eigenvalue weighted by Crippen LogP contribution is -2.42. The molecule has 0 aliphatic carbocycles. The summed E-state index contributed by atoms with van der Waals surface area (Å²) >= 11 is 0. The number of benzene rings is 2. The monoisotopic (exact) mass is 487 g/mol. The number of aromatic nitrogens is 2. The number of nitrogens with one attached hydrogen (secondary N) is 2. The molecule has 0 saturated heterocycles. The zero-order valence-electron chi connectivity index (χ0n) is 18.4. The van der Waals surface area contributed by atoms with Crippen LogP contribution in [0.3, 0.4) is 0 Å². The highest BCUT2D eigenvalue weighted by molar-refractivity contribution is 5.98. The quantitative estimate of drug-likeness (QED) is 0.499. The maximum atomic E-state index is 12.9. The highest BCUT2D eigenvalue weighted by atomic mass is 19.4. The highest BCUT2D eigenvalue weighted by Crippen LogP contribution is 2.30. The summed E-state index contributed by atoms with van der Waals surface area (Å²) < 4.78 is 44.8. The molecule has 4 amide bonds. The van der Waals surface area contributed by atoms with Crippen LogP contribution in [0.1, 0.15) is 33.2 Å². The number of carbonyl (C=O) groups excluding carboxylic acids is 3. The first-order valence-electron chi connectivity index (χ1n) is 10.4. The van der Waals surface area contributed by atoms with Crippen molar-refractivity contribution in [2.75, 3.05) is 13.7 Å². The van der Waals surface area contributed by atoms with Crippen LogP contribution in [-0.2, 0) is 17.5 Å². The van der Waals surface area contributed by atoms with Gasteiger partial charge in [-0.05, 0) is 41.5 Å². The Morgan fingerprint density at radius 2 is 1.94 bits per heavy atom. The summed E-state index contributed by atoms with van der Waals surface area (Å²) in [4.78, 5) is 37.2. The third kappa shape index (κ3) is 5.10. The minimum atomic E-state index is -4.56. The van der Waals surface area contributed by atoms with E-state index in [-0.39, 0.29) is 18.9 Å². The van der Waals surface area contributed by atoms with E-state index in [1.165, 1.54) is 13.3 Å². The Morgan fingerprint density at radius 1 is 1.20 bits per heavy atom. The van der Waals surface area contributed by atoms with Gasteiger partial charge in [-0.25, -0.2) is 9.48 Å². The van der Waals surface area contributed by atoms with Crippen LogP contribution in [0.15, 0.2) is 54.7 Å². The number of carbonyl (C=O) groups is 3. The molecule has 0 radical (unpaired) electrons. The molecule has 35 heavy (non-hydrogen) atoms. The SMILES string of the molecule is COc1ccc2c(c1)C(=O)N(C[C@H](NC(=O)NC=O)c1ccc(-n3ccc(C(F)(F)F)n3)cc1)C2.